The van der Waals surface area contributed by atoms with Crippen LogP contribution < -0.4 is 14.8 Å². The molecule has 0 saturated heterocycles. The molecule has 1 fully saturated rings. The summed E-state index contributed by atoms with van der Waals surface area (Å²) in [6.07, 6.45) is 2.33. The lowest BCUT2D eigenvalue weighted by atomic mass is 9.54. The van der Waals surface area contributed by atoms with Crippen molar-refractivity contribution < 1.29 is 9.47 Å². The number of hydrogen-bond donors (Lipinski definition) is 1. The number of rotatable bonds is 6. The van der Waals surface area contributed by atoms with Gasteiger partial charge in [-0.3, -0.25) is 0 Å². The molecule has 0 aromatic heterocycles. The van der Waals surface area contributed by atoms with Gasteiger partial charge in [-0.1, -0.05) is 20.8 Å². The van der Waals surface area contributed by atoms with Gasteiger partial charge in [0.05, 0.1) is 14.2 Å². The third-order valence-corrected chi connectivity index (χ3v) is 5.09. The Hall–Kier alpha value is -1.22. The van der Waals surface area contributed by atoms with E-state index in [0.717, 1.165) is 24.5 Å². The van der Waals surface area contributed by atoms with Crippen LogP contribution in [-0.4, -0.2) is 26.8 Å². The summed E-state index contributed by atoms with van der Waals surface area (Å²) in [5, 5.41) is 3.62. The molecule has 1 N–H and O–H groups in total. The number of ether oxygens (including phenoxy) is 2. The molecule has 1 aromatic carbocycles. The van der Waals surface area contributed by atoms with Crippen molar-refractivity contribution in [1.29, 1.82) is 0 Å². The van der Waals surface area contributed by atoms with Crippen molar-refractivity contribution in [2.24, 2.45) is 5.41 Å². The zero-order valence-electron chi connectivity index (χ0n) is 13.3. The van der Waals surface area contributed by atoms with Gasteiger partial charge >= 0.3 is 0 Å². The van der Waals surface area contributed by atoms with Gasteiger partial charge in [-0.2, -0.15) is 0 Å². The van der Waals surface area contributed by atoms with E-state index in [1.165, 1.54) is 12.0 Å². The van der Waals surface area contributed by atoms with Crippen molar-refractivity contribution in [1.82, 2.24) is 5.32 Å². The van der Waals surface area contributed by atoms with E-state index in [0.29, 0.717) is 12.0 Å². The Morgan fingerprint density at radius 1 is 1.25 bits per heavy atom. The molecule has 1 aliphatic rings. The Balaban J connectivity index is 2.32. The summed E-state index contributed by atoms with van der Waals surface area (Å²) >= 11 is 0. The summed E-state index contributed by atoms with van der Waals surface area (Å²) in [6, 6.07) is 6.72. The van der Waals surface area contributed by atoms with Crippen molar-refractivity contribution in [2.45, 2.75) is 45.6 Å². The Bertz CT molecular complexity index is 460. The number of methoxy groups -OCH3 is 2. The zero-order valence-corrected chi connectivity index (χ0v) is 13.3. The van der Waals surface area contributed by atoms with Crippen molar-refractivity contribution in [3.63, 3.8) is 0 Å². The van der Waals surface area contributed by atoms with Crippen molar-refractivity contribution in [3.05, 3.63) is 23.8 Å². The summed E-state index contributed by atoms with van der Waals surface area (Å²) in [7, 11) is 3.46. The highest BCUT2D eigenvalue weighted by Crippen LogP contribution is 2.56. The van der Waals surface area contributed by atoms with E-state index >= 15 is 0 Å². The van der Waals surface area contributed by atoms with Crippen LogP contribution in [0.5, 0.6) is 11.5 Å². The van der Waals surface area contributed by atoms with Gasteiger partial charge in [0.25, 0.3) is 0 Å². The maximum absolute atomic E-state index is 5.56. The van der Waals surface area contributed by atoms with Gasteiger partial charge in [0, 0.05) is 11.6 Å². The molecule has 0 radical (unpaired) electrons. The van der Waals surface area contributed by atoms with Crippen molar-refractivity contribution in [2.75, 3.05) is 20.8 Å². The maximum Gasteiger partial charge on any atom is 0.122 e. The van der Waals surface area contributed by atoms with E-state index in [1.807, 2.05) is 12.1 Å². The molecular weight excluding hydrogens is 250 g/mol. The van der Waals surface area contributed by atoms with Crippen LogP contribution in [-0.2, 0) is 0 Å². The molecule has 0 amide bonds. The van der Waals surface area contributed by atoms with E-state index in [9.17, 15) is 0 Å². The average Bonchev–Trinajstić information content (AvgIpc) is 2.49. The molecule has 20 heavy (non-hydrogen) atoms. The Kier molecular flexibility index (Phi) is 4.59. The SMILES string of the molecule is CCNC1CC(c2cc(OC)ccc2OC)C1(C)CC. The van der Waals surface area contributed by atoms with Crippen LogP contribution in [0, 0.1) is 5.41 Å². The first-order valence-corrected chi connectivity index (χ1v) is 7.56. The summed E-state index contributed by atoms with van der Waals surface area (Å²) in [4.78, 5) is 0. The van der Waals surface area contributed by atoms with Gasteiger partial charge in [0.15, 0.2) is 0 Å². The molecule has 3 heteroatoms. The predicted molar refractivity (Wildman–Crippen MR) is 82.8 cm³/mol. The second-order valence-corrected chi connectivity index (χ2v) is 5.87. The summed E-state index contributed by atoms with van der Waals surface area (Å²) in [6.45, 7) is 7.87. The van der Waals surface area contributed by atoms with Crippen molar-refractivity contribution in [3.8, 4) is 11.5 Å². The number of hydrogen-bond acceptors (Lipinski definition) is 3. The standard InChI is InChI=1S/C17H27NO2/c1-6-17(3)14(11-16(17)18-7-2)13-10-12(19-4)8-9-15(13)20-5/h8-10,14,16,18H,6-7,11H2,1-5H3. The quantitative estimate of drug-likeness (QED) is 0.862. The molecule has 0 bridgehead atoms. The van der Waals surface area contributed by atoms with Gasteiger partial charge in [-0.25, -0.2) is 0 Å². The van der Waals surface area contributed by atoms with Gasteiger partial charge in [-0.15, -0.1) is 0 Å². The monoisotopic (exact) mass is 277 g/mol. The van der Waals surface area contributed by atoms with Crippen LogP contribution in [0.3, 0.4) is 0 Å². The Morgan fingerprint density at radius 3 is 2.55 bits per heavy atom. The number of nitrogens with one attached hydrogen (secondary N) is 1. The van der Waals surface area contributed by atoms with Crippen LogP contribution in [0.2, 0.25) is 0 Å². The van der Waals surface area contributed by atoms with Crippen LogP contribution >= 0.6 is 0 Å². The Morgan fingerprint density at radius 2 is 2.00 bits per heavy atom. The fourth-order valence-corrected chi connectivity index (χ4v) is 3.51. The molecule has 3 nitrogen and oxygen atoms in total. The lowest BCUT2D eigenvalue weighted by Crippen LogP contribution is -2.56. The average molecular weight is 277 g/mol. The second-order valence-electron chi connectivity index (χ2n) is 5.87. The van der Waals surface area contributed by atoms with Gasteiger partial charge < -0.3 is 14.8 Å². The Labute approximate surface area is 122 Å². The van der Waals surface area contributed by atoms with E-state index < -0.39 is 0 Å². The van der Waals surface area contributed by atoms with Crippen LogP contribution in [0.25, 0.3) is 0 Å². The highest BCUT2D eigenvalue weighted by Gasteiger charge is 2.51. The minimum Gasteiger partial charge on any atom is -0.497 e. The molecule has 1 aliphatic carbocycles. The second kappa shape index (κ2) is 6.04. The molecule has 2 rings (SSSR count). The van der Waals surface area contributed by atoms with Crippen LogP contribution in [0.15, 0.2) is 18.2 Å². The third kappa shape index (κ3) is 2.39. The van der Waals surface area contributed by atoms with E-state index in [1.54, 1.807) is 14.2 Å². The van der Waals surface area contributed by atoms with Crippen molar-refractivity contribution >= 4 is 0 Å². The summed E-state index contributed by atoms with van der Waals surface area (Å²) in [5.74, 6) is 2.41. The van der Waals surface area contributed by atoms with E-state index in [4.69, 9.17) is 9.47 Å². The largest absolute Gasteiger partial charge is 0.497 e. The molecular formula is C17H27NO2. The first kappa shape index (κ1) is 15.2. The first-order chi connectivity index (χ1) is 9.60. The summed E-state index contributed by atoms with van der Waals surface area (Å²) in [5.41, 5.74) is 1.57. The lowest BCUT2D eigenvalue weighted by molar-refractivity contribution is 0.0440. The highest BCUT2D eigenvalue weighted by molar-refractivity contribution is 5.45. The zero-order chi connectivity index (χ0) is 14.8. The summed E-state index contributed by atoms with van der Waals surface area (Å²) < 4.78 is 10.9. The molecule has 1 aromatic rings. The van der Waals surface area contributed by atoms with Crippen LogP contribution in [0.4, 0.5) is 0 Å². The normalized spacial score (nSPS) is 28.9. The fraction of sp³-hybridized carbons (Fsp3) is 0.647. The van der Waals surface area contributed by atoms with Gasteiger partial charge in [0.1, 0.15) is 11.5 Å². The minimum absolute atomic E-state index is 0.287. The van der Waals surface area contributed by atoms with E-state index in [-0.39, 0.29) is 5.41 Å². The fourth-order valence-electron chi connectivity index (χ4n) is 3.51. The number of benzene rings is 1. The molecule has 3 unspecified atom stereocenters. The predicted octanol–water partition coefficient (Wildman–Crippen LogP) is 3.59. The van der Waals surface area contributed by atoms with E-state index in [2.05, 4.69) is 32.2 Å². The smallest absolute Gasteiger partial charge is 0.122 e. The molecule has 0 heterocycles. The molecule has 1 saturated carbocycles. The molecule has 0 aliphatic heterocycles. The maximum atomic E-state index is 5.56. The topological polar surface area (TPSA) is 30.5 Å². The first-order valence-electron chi connectivity index (χ1n) is 7.56. The van der Waals surface area contributed by atoms with Gasteiger partial charge in [-0.05, 0) is 48.9 Å². The highest BCUT2D eigenvalue weighted by atomic mass is 16.5. The lowest BCUT2D eigenvalue weighted by Gasteiger charge is -2.55. The third-order valence-electron chi connectivity index (χ3n) is 5.09. The van der Waals surface area contributed by atoms with Gasteiger partial charge in [0.2, 0.25) is 0 Å². The minimum atomic E-state index is 0.287. The van der Waals surface area contributed by atoms with Crippen LogP contribution in [0.1, 0.15) is 45.1 Å². The molecule has 3 atom stereocenters. The molecule has 0 spiro atoms. The molecule has 112 valence electrons.